The smallest absolute Gasteiger partial charge is 0.349 e. The van der Waals surface area contributed by atoms with Crippen LogP contribution >= 0.6 is 0 Å². The van der Waals surface area contributed by atoms with Crippen LogP contribution in [0.15, 0.2) is 24.3 Å². The molecule has 178 valence electrons. The molecule has 6 nitrogen and oxygen atoms in total. The molecule has 0 saturated carbocycles. The third-order valence-corrected chi connectivity index (χ3v) is 4.82. The molecule has 0 fully saturated rings. The number of halogens is 1. The molecule has 0 N–H and O–H groups in total. The molecule has 0 aliphatic rings. The van der Waals surface area contributed by atoms with Gasteiger partial charge in [0, 0.05) is 0 Å². The fourth-order valence-corrected chi connectivity index (χ4v) is 3.48. The summed E-state index contributed by atoms with van der Waals surface area (Å²) >= 11 is 0. The van der Waals surface area contributed by atoms with Crippen LogP contribution in [0, 0.1) is 0 Å². The first-order valence-electron chi connectivity index (χ1n) is 11.3. The summed E-state index contributed by atoms with van der Waals surface area (Å²) in [6.07, 6.45) is 7.00. The highest BCUT2D eigenvalue weighted by Crippen LogP contribution is 2.14. The molecule has 0 bridgehead atoms. The average molecular weight is 501 g/mol. The summed E-state index contributed by atoms with van der Waals surface area (Å²) in [7, 11) is 8.46. The summed E-state index contributed by atoms with van der Waals surface area (Å²) in [5.74, 6) is 1.78. The van der Waals surface area contributed by atoms with Crippen LogP contribution in [0.1, 0.15) is 62.7 Å². The molecule has 0 aliphatic carbocycles. The number of hydrogen-bond donors (Lipinski definition) is 0. The number of ether oxygens (including phenoxy) is 2. The van der Waals surface area contributed by atoms with Crippen LogP contribution < -0.4 is 21.7 Å². The normalized spacial score (nSPS) is 10.1. The van der Waals surface area contributed by atoms with Gasteiger partial charge < -0.3 is 26.5 Å². The molecule has 0 saturated heterocycles. The van der Waals surface area contributed by atoms with Crippen LogP contribution in [-0.2, 0) is 4.74 Å². The van der Waals surface area contributed by atoms with Gasteiger partial charge in [0.05, 0.1) is 60.1 Å². The quantitative estimate of drug-likeness (QED) is 0.134. The first kappa shape index (κ1) is 29.2. The summed E-state index contributed by atoms with van der Waals surface area (Å²) in [5, 5.41) is 0. The summed E-state index contributed by atoms with van der Waals surface area (Å²) in [6.45, 7) is 7.32. The minimum Gasteiger partial charge on any atom is -1.00 e. The van der Waals surface area contributed by atoms with Crippen molar-refractivity contribution in [3.8, 4) is 5.75 Å². The van der Waals surface area contributed by atoms with E-state index in [0.29, 0.717) is 18.8 Å². The molecule has 31 heavy (non-hydrogen) atoms. The van der Waals surface area contributed by atoms with Gasteiger partial charge in [-0.1, -0.05) is 19.8 Å². The van der Waals surface area contributed by atoms with Gasteiger partial charge in [-0.2, -0.15) is 0 Å². The highest BCUT2D eigenvalue weighted by atomic mass is 79.9. The van der Waals surface area contributed by atoms with Crippen LogP contribution in [0.5, 0.6) is 5.75 Å². The van der Waals surface area contributed by atoms with Gasteiger partial charge >= 0.3 is 11.9 Å². The lowest BCUT2D eigenvalue weighted by molar-refractivity contribution is -0.538. The molecule has 0 radical (unpaired) electrons. The second-order valence-electron chi connectivity index (χ2n) is 7.94. The van der Waals surface area contributed by atoms with Gasteiger partial charge in [-0.25, -0.2) is 4.79 Å². The second-order valence-corrected chi connectivity index (χ2v) is 7.94. The molecular formula is C24H42BrN3O3. The summed E-state index contributed by atoms with van der Waals surface area (Å²) in [6, 6.07) is 7.17. The van der Waals surface area contributed by atoms with E-state index < -0.39 is 0 Å². The highest BCUT2D eigenvalue weighted by Gasteiger charge is 2.17. The Morgan fingerprint density at radius 2 is 1.45 bits per heavy atom. The van der Waals surface area contributed by atoms with Gasteiger partial charge in [0.1, 0.15) is 5.75 Å². The van der Waals surface area contributed by atoms with E-state index in [1.807, 2.05) is 12.1 Å². The van der Waals surface area contributed by atoms with Crippen molar-refractivity contribution >= 4 is 11.9 Å². The zero-order valence-electron chi connectivity index (χ0n) is 20.3. The van der Waals surface area contributed by atoms with E-state index in [-0.39, 0.29) is 23.0 Å². The lowest BCUT2D eigenvalue weighted by atomic mass is 10.2. The largest absolute Gasteiger partial charge is 1.00 e. The van der Waals surface area contributed by atoms with Crippen LogP contribution in [0.4, 0.5) is 0 Å². The molecule has 0 spiro atoms. The Kier molecular flexibility index (Phi) is 15.9. The third kappa shape index (κ3) is 11.4. The van der Waals surface area contributed by atoms with E-state index in [1.54, 1.807) is 19.1 Å². The van der Waals surface area contributed by atoms with Gasteiger partial charge in [-0.3, -0.25) is 14.4 Å². The first-order valence-corrected chi connectivity index (χ1v) is 11.3. The Labute approximate surface area is 200 Å². The SMILES string of the molecule is CCCC[N+](CCCCCCOc1ccc(C(=O)OCC)cc1)=C(N(C)C)N(C)C.[Br-]. The third-order valence-electron chi connectivity index (χ3n) is 4.82. The summed E-state index contributed by atoms with van der Waals surface area (Å²) in [5.41, 5.74) is 0.559. The van der Waals surface area contributed by atoms with Gasteiger partial charge in [0.2, 0.25) is 0 Å². The van der Waals surface area contributed by atoms with Crippen molar-refractivity contribution in [2.45, 2.75) is 52.4 Å². The molecule has 0 amide bonds. The standard InChI is InChI=1S/C24H42N3O3.BrH/c1-7-9-18-27(24(25(3)4)26(5)6)19-12-10-11-13-20-30-22-16-14-21(15-17-22)23(28)29-8-2;/h14-17H,7-13,18-20H2,1-6H3;1H/q+1;/p-1. The molecule has 0 aromatic heterocycles. The van der Waals surface area contributed by atoms with Crippen LogP contribution in [0.25, 0.3) is 0 Å². The predicted molar refractivity (Wildman–Crippen MR) is 124 cm³/mol. The average Bonchev–Trinajstić information content (AvgIpc) is 2.71. The maximum absolute atomic E-state index is 11.7. The monoisotopic (exact) mass is 499 g/mol. The number of carbonyl (C=O) groups is 1. The number of nitrogens with zero attached hydrogens (tertiary/aromatic N) is 3. The van der Waals surface area contributed by atoms with Crippen molar-refractivity contribution in [2.75, 3.05) is 54.5 Å². The van der Waals surface area contributed by atoms with Crippen molar-refractivity contribution in [1.29, 1.82) is 0 Å². The molecule has 1 aromatic rings. The topological polar surface area (TPSA) is 45.0 Å². The van der Waals surface area contributed by atoms with E-state index in [0.717, 1.165) is 31.7 Å². The minimum atomic E-state index is -0.291. The number of esters is 1. The van der Waals surface area contributed by atoms with Gasteiger partial charge in [0.15, 0.2) is 0 Å². The lowest BCUT2D eigenvalue weighted by Crippen LogP contribution is -3.00. The maximum atomic E-state index is 11.7. The van der Waals surface area contributed by atoms with E-state index in [1.165, 1.54) is 31.6 Å². The molecule has 1 rings (SSSR count). The first-order chi connectivity index (χ1) is 14.4. The number of benzene rings is 1. The Bertz CT molecular complexity index is 636. The van der Waals surface area contributed by atoms with E-state index >= 15 is 0 Å². The molecule has 7 heteroatoms. The second kappa shape index (κ2) is 16.9. The van der Waals surface area contributed by atoms with Crippen molar-refractivity contribution in [3.05, 3.63) is 29.8 Å². The molecule has 0 heterocycles. The minimum absolute atomic E-state index is 0. The fourth-order valence-electron chi connectivity index (χ4n) is 3.48. The van der Waals surface area contributed by atoms with Gasteiger partial charge in [0.25, 0.3) is 0 Å². The number of rotatable bonds is 13. The predicted octanol–water partition coefficient (Wildman–Crippen LogP) is 1.10. The molecular weight excluding hydrogens is 458 g/mol. The van der Waals surface area contributed by atoms with Crippen molar-refractivity contribution in [2.24, 2.45) is 0 Å². The van der Waals surface area contributed by atoms with E-state index in [2.05, 4.69) is 49.5 Å². The molecule has 0 atom stereocenters. The number of unbranched alkanes of at least 4 members (excludes halogenated alkanes) is 4. The van der Waals surface area contributed by atoms with Crippen LogP contribution in [0.3, 0.4) is 0 Å². The number of carbonyl (C=O) groups excluding carboxylic acids is 1. The van der Waals surface area contributed by atoms with E-state index in [9.17, 15) is 4.79 Å². The van der Waals surface area contributed by atoms with Crippen molar-refractivity contribution in [3.63, 3.8) is 0 Å². The lowest BCUT2D eigenvalue weighted by Gasteiger charge is -2.21. The Balaban J connectivity index is 0.00000900. The molecule has 0 aliphatic heterocycles. The van der Waals surface area contributed by atoms with Crippen LogP contribution in [-0.4, -0.2) is 80.8 Å². The van der Waals surface area contributed by atoms with Gasteiger partial charge in [-0.15, -0.1) is 0 Å². The Morgan fingerprint density at radius 1 is 0.871 bits per heavy atom. The number of hydrogen-bond acceptors (Lipinski definition) is 3. The van der Waals surface area contributed by atoms with Crippen molar-refractivity contribution < 1.29 is 35.8 Å². The van der Waals surface area contributed by atoms with E-state index in [4.69, 9.17) is 9.47 Å². The Hall–Kier alpha value is -1.76. The van der Waals surface area contributed by atoms with Gasteiger partial charge in [-0.05, 0) is 56.9 Å². The highest BCUT2D eigenvalue weighted by molar-refractivity contribution is 5.89. The summed E-state index contributed by atoms with van der Waals surface area (Å²) in [4.78, 5) is 16.1. The van der Waals surface area contributed by atoms with Crippen molar-refractivity contribution in [1.82, 2.24) is 9.80 Å². The fraction of sp³-hybridized carbons (Fsp3) is 0.667. The molecule has 0 unspecified atom stereocenters. The maximum Gasteiger partial charge on any atom is 0.349 e. The molecule has 1 aromatic carbocycles. The zero-order valence-corrected chi connectivity index (χ0v) is 21.9. The number of guanidine groups is 1. The zero-order chi connectivity index (χ0) is 22.4. The summed E-state index contributed by atoms with van der Waals surface area (Å²) < 4.78 is 13.3. The Morgan fingerprint density at radius 3 is 2.00 bits per heavy atom. The van der Waals surface area contributed by atoms with Crippen LogP contribution in [0.2, 0.25) is 0 Å².